The highest BCUT2D eigenvalue weighted by Gasteiger charge is 2.28. The minimum Gasteiger partial charge on any atom is -0.494 e. The summed E-state index contributed by atoms with van der Waals surface area (Å²) in [6.45, 7) is 9.14. The number of likely N-dealkylation sites (N-methyl/N-ethyl adjacent to an activating group) is 1. The number of hydrogen-bond acceptors (Lipinski definition) is 15. The molecule has 0 saturated carbocycles. The number of rotatable bonds is 28. The molecule has 26 nitrogen and oxygen atoms in total. The number of benzene rings is 2. The molecule has 1 atom stereocenters. The van der Waals surface area contributed by atoms with Crippen LogP contribution in [0.3, 0.4) is 0 Å². The zero-order valence-electron chi connectivity index (χ0n) is 46.2. The average molecular weight is 1100 g/mol. The zero-order chi connectivity index (χ0) is 57.9. The number of carbonyl (C=O) groups is 8. The number of amides is 8. The molecule has 424 valence electrons. The minimum absolute atomic E-state index is 0.0263. The van der Waals surface area contributed by atoms with Gasteiger partial charge in [-0.05, 0) is 110 Å². The Hall–Kier alpha value is -9.20. The number of nitrogens with one attached hydrogen (secondary N) is 3. The van der Waals surface area contributed by atoms with Gasteiger partial charge in [0.2, 0.25) is 35.5 Å². The topological polar surface area (TPSA) is 324 Å². The highest BCUT2D eigenvalue weighted by molar-refractivity contribution is 6.13. The van der Waals surface area contributed by atoms with E-state index in [1.807, 2.05) is 32.8 Å². The van der Waals surface area contributed by atoms with E-state index in [1.54, 1.807) is 63.7 Å². The molecule has 0 unspecified atom stereocenters. The summed E-state index contributed by atoms with van der Waals surface area (Å²) in [6.07, 6.45) is 7.75. The summed E-state index contributed by atoms with van der Waals surface area (Å²) in [4.78, 5) is 118. The maximum atomic E-state index is 14.0. The van der Waals surface area contributed by atoms with Crippen molar-refractivity contribution in [3.05, 3.63) is 94.6 Å². The third-order valence-corrected chi connectivity index (χ3v) is 13.2. The van der Waals surface area contributed by atoms with Gasteiger partial charge in [0.1, 0.15) is 40.0 Å². The summed E-state index contributed by atoms with van der Waals surface area (Å²) in [5.74, 6) is -3.60. The van der Waals surface area contributed by atoms with Crippen molar-refractivity contribution in [1.29, 1.82) is 0 Å². The predicted octanol–water partition coefficient (Wildman–Crippen LogP) is 3.16. The summed E-state index contributed by atoms with van der Waals surface area (Å²) in [5, 5.41) is 17.5. The molecule has 0 bridgehead atoms. The molecule has 80 heavy (non-hydrogen) atoms. The molecule has 0 saturated heterocycles. The van der Waals surface area contributed by atoms with Crippen LogP contribution in [-0.2, 0) is 45.4 Å². The molecular weight excluding hydrogens is 1030 g/mol. The van der Waals surface area contributed by atoms with Gasteiger partial charge >= 0.3 is 0 Å². The van der Waals surface area contributed by atoms with Gasteiger partial charge in [0.05, 0.1) is 36.1 Å². The van der Waals surface area contributed by atoms with Crippen molar-refractivity contribution in [2.24, 2.45) is 11.5 Å². The summed E-state index contributed by atoms with van der Waals surface area (Å²) < 4.78 is 18.7. The summed E-state index contributed by atoms with van der Waals surface area (Å²) in [6, 6.07) is 8.40. The Kier molecular flexibility index (Phi) is 19.0. The third-order valence-electron chi connectivity index (χ3n) is 13.2. The SMILES string of the molecule is CCn1nc(C)cc1C(=O)Nc1nc2cc(C(N)=O)cc(OC)c2n1C/C=C/Cn1c(NC(=O)c2cc(C)nn2CC)nc2cc(C(N)=O)cc(OCCCN(C)C(=O)[C@H](CCCCN(C)C)NC(=O)CCN3C(=O)C=CC3=O)c21. The van der Waals surface area contributed by atoms with Crippen molar-refractivity contribution in [1.82, 2.24) is 58.7 Å². The Morgan fingerprint density at radius 1 is 0.700 bits per heavy atom. The first kappa shape index (κ1) is 58.5. The van der Waals surface area contributed by atoms with Crippen LogP contribution >= 0.6 is 0 Å². The van der Waals surface area contributed by atoms with E-state index in [2.05, 4.69) is 26.1 Å². The molecule has 2 aromatic carbocycles. The highest BCUT2D eigenvalue weighted by Crippen LogP contribution is 2.33. The van der Waals surface area contributed by atoms with Gasteiger partial charge in [-0.15, -0.1) is 0 Å². The van der Waals surface area contributed by atoms with Crippen LogP contribution in [0.1, 0.15) is 99.0 Å². The number of primary amides is 2. The fourth-order valence-corrected chi connectivity index (χ4v) is 9.21. The number of nitrogens with zero attached hydrogens (tertiary/aromatic N) is 11. The first-order chi connectivity index (χ1) is 38.2. The number of aromatic nitrogens is 8. The molecule has 4 aromatic heterocycles. The molecule has 0 fully saturated rings. The Labute approximate surface area is 461 Å². The minimum atomic E-state index is -0.878. The Morgan fingerprint density at radius 3 is 1.70 bits per heavy atom. The van der Waals surface area contributed by atoms with Crippen molar-refractivity contribution in [2.75, 3.05) is 65.1 Å². The van der Waals surface area contributed by atoms with Crippen molar-refractivity contribution < 1.29 is 47.8 Å². The van der Waals surface area contributed by atoms with Crippen molar-refractivity contribution in [3.63, 3.8) is 0 Å². The number of nitrogens with two attached hydrogens (primary N) is 2. The van der Waals surface area contributed by atoms with Crippen molar-refractivity contribution in [2.45, 2.75) is 92.0 Å². The number of unbranched alkanes of at least 4 members (excludes halogenated alkanes) is 1. The predicted molar refractivity (Wildman–Crippen MR) is 296 cm³/mol. The van der Waals surface area contributed by atoms with Crippen LogP contribution in [0.15, 0.2) is 60.7 Å². The average Bonchev–Trinajstić information content (AvgIpc) is 4.25. The highest BCUT2D eigenvalue weighted by atomic mass is 16.5. The lowest BCUT2D eigenvalue weighted by atomic mass is 10.1. The number of anilines is 2. The van der Waals surface area contributed by atoms with E-state index in [4.69, 9.17) is 30.9 Å². The standard InChI is InChI=1S/C54H68N16O10/c1-9-69-39(26-32(3)62-69)50(76)60-53-58-37-28-34(48(55)74)30-41(79-8)46(37)67(53)22-13-14-23-68-47-38(59-54(68)61-51(77)40-27-33(4)63-70(40)10-2)29-35(49(56)75)31-42(47)80-25-15-21-65(7)52(78)36(16-11-12-20-64(5)6)57-43(71)19-24-66-44(72)17-18-45(66)73/h13-14,17-18,26-31,36H,9-12,15-16,19-25H2,1-8H3,(H2,55,74)(H2,56,75)(H,57,71)(H,58,60,76)(H,59,61,77)/b14-13+/t36-/m0/s1. The van der Waals surface area contributed by atoms with Crippen molar-refractivity contribution in [3.8, 4) is 11.5 Å². The summed E-state index contributed by atoms with van der Waals surface area (Å²) in [7, 11) is 6.94. The van der Waals surface area contributed by atoms with E-state index in [0.29, 0.717) is 66.0 Å². The molecule has 7 N–H and O–H groups in total. The van der Waals surface area contributed by atoms with Gasteiger partial charge < -0.3 is 45.2 Å². The first-order valence-corrected chi connectivity index (χ1v) is 26.2. The molecule has 1 aliphatic rings. The lowest BCUT2D eigenvalue weighted by molar-refractivity contribution is -0.138. The number of aryl methyl sites for hydroxylation is 4. The van der Waals surface area contributed by atoms with Crippen LogP contribution in [0, 0.1) is 13.8 Å². The molecule has 0 spiro atoms. The summed E-state index contributed by atoms with van der Waals surface area (Å²) >= 11 is 0. The molecule has 0 radical (unpaired) electrons. The van der Waals surface area contributed by atoms with Crippen LogP contribution in [0.2, 0.25) is 0 Å². The number of fused-ring (bicyclic) bond motifs is 2. The number of carbonyl (C=O) groups excluding carboxylic acids is 8. The quantitative estimate of drug-likeness (QED) is 0.0268. The molecule has 1 aliphatic heterocycles. The lowest BCUT2D eigenvalue weighted by Crippen LogP contribution is -2.48. The second-order valence-corrected chi connectivity index (χ2v) is 19.4. The van der Waals surface area contributed by atoms with E-state index in [1.165, 1.54) is 36.3 Å². The fourth-order valence-electron chi connectivity index (χ4n) is 9.21. The number of ether oxygens (including phenoxy) is 2. The smallest absolute Gasteiger partial charge is 0.276 e. The van der Waals surface area contributed by atoms with Gasteiger partial charge in [0.25, 0.3) is 23.6 Å². The van der Waals surface area contributed by atoms with Gasteiger partial charge in [-0.1, -0.05) is 12.2 Å². The van der Waals surface area contributed by atoms with Crippen LogP contribution in [0.25, 0.3) is 22.1 Å². The number of imide groups is 1. The maximum Gasteiger partial charge on any atom is 0.276 e. The van der Waals surface area contributed by atoms with E-state index < -0.39 is 47.4 Å². The van der Waals surface area contributed by atoms with Crippen LogP contribution in [0.5, 0.6) is 11.5 Å². The van der Waals surface area contributed by atoms with E-state index >= 15 is 0 Å². The van der Waals surface area contributed by atoms with Gasteiger partial charge in [-0.2, -0.15) is 10.2 Å². The Bertz CT molecular complexity index is 3400. The molecular formula is C54H68N16O10. The third kappa shape index (κ3) is 13.7. The second-order valence-electron chi connectivity index (χ2n) is 19.4. The Morgan fingerprint density at radius 2 is 1.21 bits per heavy atom. The number of methoxy groups -OCH3 is 1. The zero-order valence-corrected chi connectivity index (χ0v) is 46.2. The Balaban J connectivity index is 1.16. The first-order valence-electron chi connectivity index (χ1n) is 26.2. The molecule has 8 amide bonds. The van der Waals surface area contributed by atoms with Gasteiger partial charge in [-0.3, -0.25) is 63.3 Å². The molecule has 6 aromatic rings. The van der Waals surface area contributed by atoms with E-state index in [-0.39, 0.29) is 90.8 Å². The molecule has 26 heteroatoms. The molecule has 0 aliphatic carbocycles. The fraction of sp³-hybridized carbons (Fsp3) is 0.407. The largest absolute Gasteiger partial charge is 0.494 e. The van der Waals surface area contributed by atoms with Gasteiger partial charge in [0, 0.05) is 76.0 Å². The van der Waals surface area contributed by atoms with Gasteiger partial charge in [0.15, 0.2) is 0 Å². The van der Waals surface area contributed by atoms with Crippen LogP contribution < -0.4 is 36.9 Å². The summed E-state index contributed by atoms with van der Waals surface area (Å²) in [5.41, 5.74) is 15.0. The number of hydrogen-bond donors (Lipinski definition) is 5. The number of allylic oxidation sites excluding steroid dienone is 2. The maximum absolute atomic E-state index is 14.0. The normalized spacial score (nSPS) is 12.8. The van der Waals surface area contributed by atoms with Crippen LogP contribution in [-0.4, -0.2) is 161 Å². The molecule has 7 rings (SSSR count). The molecule has 5 heterocycles. The van der Waals surface area contributed by atoms with E-state index in [9.17, 15) is 38.4 Å². The van der Waals surface area contributed by atoms with E-state index in [0.717, 1.165) is 30.0 Å². The lowest BCUT2D eigenvalue weighted by Gasteiger charge is -2.25. The van der Waals surface area contributed by atoms with Crippen LogP contribution in [0.4, 0.5) is 11.9 Å². The number of imidazole rings is 2. The van der Waals surface area contributed by atoms with Crippen molar-refractivity contribution >= 4 is 81.2 Å². The second kappa shape index (κ2) is 26.0. The van der Waals surface area contributed by atoms with Gasteiger partial charge in [-0.25, -0.2) is 9.97 Å². The monoisotopic (exact) mass is 1100 g/mol.